The fourth-order valence-electron chi connectivity index (χ4n) is 3.15. The Labute approximate surface area is 138 Å². The van der Waals surface area contributed by atoms with Gasteiger partial charge in [-0.15, -0.1) is 23.7 Å². The lowest BCUT2D eigenvalue weighted by molar-refractivity contribution is -0.134. The maximum absolute atomic E-state index is 12.6. The van der Waals surface area contributed by atoms with Crippen molar-refractivity contribution < 1.29 is 4.79 Å². The maximum atomic E-state index is 12.6. The summed E-state index contributed by atoms with van der Waals surface area (Å²) in [6.45, 7) is 4.22. The van der Waals surface area contributed by atoms with Gasteiger partial charge in [0.2, 0.25) is 5.91 Å². The molecule has 0 atom stereocenters. The minimum Gasteiger partial charge on any atom is -0.338 e. The Kier molecular flexibility index (Phi) is 7.71. The predicted octanol–water partition coefficient (Wildman–Crippen LogP) is 3.82. The Balaban J connectivity index is 0.00000220. The van der Waals surface area contributed by atoms with Crippen LogP contribution in [-0.2, 0) is 11.3 Å². The lowest BCUT2D eigenvalue weighted by Crippen LogP contribution is -2.40. The Morgan fingerprint density at radius 3 is 2.62 bits per heavy atom. The first-order valence-corrected chi connectivity index (χ1v) is 8.57. The van der Waals surface area contributed by atoms with Crippen LogP contribution in [0.3, 0.4) is 0 Å². The summed E-state index contributed by atoms with van der Waals surface area (Å²) in [6, 6.07) is 4.14. The molecule has 1 saturated carbocycles. The van der Waals surface area contributed by atoms with Gasteiger partial charge in [0.25, 0.3) is 0 Å². The number of rotatable bonds is 6. The van der Waals surface area contributed by atoms with Gasteiger partial charge in [-0.25, -0.2) is 0 Å². The summed E-state index contributed by atoms with van der Waals surface area (Å²) in [5, 5.41) is 2.07. The molecule has 5 heteroatoms. The molecular formula is C16H27ClN2OS. The molecule has 1 aromatic heterocycles. The van der Waals surface area contributed by atoms with Crippen molar-refractivity contribution in [2.75, 3.05) is 13.1 Å². The summed E-state index contributed by atoms with van der Waals surface area (Å²) >= 11 is 1.72. The van der Waals surface area contributed by atoms with E-state index >= 15 is 0 Å². The van der Waals surface area contributed by atoms with Gasteiger partial charge in [0.15, 0.2) is 0 Å². The molecule has 120 valence electrons. The number of halogens is 1. The van der Waals surface area contributed by atoms with Crippen molar-refractivity contribution in [2.45, 2.75) is 52.0 Å². The Hall–Kier alpha value is -0.580. The van der Waals surface area contributed by atoms with E-state index in [1.807, 2.05) is 11.0 Å². The Bertz CT molecular complexity index is 416. The first-order valence-electron chi connectivity index (χ1n) is 7.69. The second-order valence-electron chi connectivity index (χ2n) is 5.93. The van der Waals surface area contributed by atoms with Crippen LogP contribution in [0, 0.1) is 5.41 Å². The minimum atomic E-state index is 0. The molecule has 1 fully saturated rings. The van der Waals surface area contributed by atoms with E-state index in [0.717, 1.165) is 25.9 Å². The van der Waals surface area contributed by atoms with Crippen LogP contribution >= 0.6 is 23.7 Å². The SMILES string of the molecule is CCN(Cc1cccs1)C(=O)CC1(CN)CCCCC1.Cl. The fraction of sp³-hybridized carbons (Fsp3) is 0.688. The van der Waals surface area contributed by atoms with E-state index in [0.29, 0.717) is 13.0 Å². The highest BCUT2D eigenvalue weighted by atomic mass is 35.5. The molecular weight excluding hydrogens is 304 g/mol. The summed E-state index contributed by atoms with van der Waals surface area (Å²) in [4.78, 5) is 15.8. The normalized spacial score (nSPS) is 17.0. The molecule has 0 aliphatic heterocycles. The smallest absolute Gasteiger partial charge is 0.223 e. The summed E-state index contributed by atoms with van der Waals surface area (Å²) in [6.07, 6.45) is 6.60. The fourth-order valence-corrected chi connectivity index (χ4v) is 3.87. The molecule has 0 unspecified atom stereocenters. The van der Waals surface area contributed by atoms with Crippen LogP contribution in [0.25, 0.3) is 0 Å². The van der Waals surface area contributed by atoms with Crippen LogP contribution in [0.4, 0.5) is 0 Å². The summed E-state index contributed by atoms with van der Waals surface area (Å²) in [7, 11) is 0. The van der Waals surface area contributed by atoms with Gasteiger partial charge in [0.1, 0.15) is 0 Å². The predicted molar refractivity (Wildman–Crippen MR) is 91.8 cm³/mol. The topological polar surface area (TPSA) is 46.3 Å². The Morgan fingerprint density at radius 2 is 2.10 bits per heavy atom. The zero-order valence-electron chi connectivity index (χ0n) is 12.8. The molecule has 0 spiro atoms. The lowest BCUT2D eigenvalue weighted by Gasteiger charge is -2.37. The molecule has 1 aliphatic carbocycles. The molecule has 1 aromatic rings. The summed E-state index contributed by atoms with van der Waals surface area (Å²) < 4.78 is 0. The largest absolute Gasteiger partial charge is 0.338 e. The average Bonchev–Trinajstić information content (AvgIpc) is 2.98. The molecule has 1 heterocycles. The van der Waals surface area contributed by atoms with E-state index in [-0.39, 0.29) is 23.7 Å². The number of nitrogens with zero attached hydrogens (tertiary/aromatic N) is 1. The van der Waals surface area contributed by atoms with Crippen molar-refractivity contribution >= 4 is 29.7 Å². The van der Waals surface area contributed by atoms with Gasteiger partial charge >= 0.3 is 0 Å². The van der Waals surface area contributed by atoms with Crippen LogP contribution in [0.15, 0.2) is 17.5 Å². The Morgan fingerprint density at radius 1 is 1.38 bits per heavy atom. The number of carbonyl (C=O) groups is 1. The zero-order chi connectivity index (χ0) is 14.4. The van der Waals surface area contributed by atoms with Crippen molar-refractivity contribution in [1.82, 2.24) is 4.90 Å². The monoisotopic (exact) mass is 330 g/mol. The van der Waals surface area contributed by atoms with Crippen LogP contribution in [0.5, 0.6) is 0 Å². The van der Waals surface area contributed by atoms with Crippen molar-refractivity contribution in [1.29, 1.82) is 0 Å². The van der Waals surface area contributed by atoms with Gasteiger partial charge in [-0.3, -0.25) is 4.79 Å². The molecule has 0 aromatic carbocycles. The average molecular weight is 331 g/mol. The summed E-state index contributed by atoms with van der Waals surface area (Å²) in [5.41, 5.74) is 6.06. The molecule has 0 bridgehead atoms. The van der Waals surface area contributed by atoms with Crippen LogP contribution in [0.2, 0.25) is 0 Å². The number of amides is 1. The number of hydrogen-bond donors (Lipinski definition) is 1. The van der Waals surface area contributed by atoms with Crippen molar-refractivity contribution in [3.05, 3.63) is 22.4 Å². The molecule has 2 rings (SSSR count). The minimum absolute atomic E-state index is 0. The van der Waals surface area contributed by atoms with Crippen molar-refractivity contribution in [3.8, 4) is 0 Å². The molecule has 21 heavy (non-hydrogen) atoms. The van der Waals surface area contributed by atoms with Crippen LogP contribution in [0.1, 0.15) is 50.3 Å². The maximum Gasteiger partial charge on any atom is 0.223 e. The van der Waals surface area contributed by atoms with Crippen molar-refractivity contribution in [2.24, 2.45) is 11.1 Å². The lowest BCUT2D eigenvalue weighted by atomic mass is 9.71. The van der Waals surface area contributed by atoms with E-state index in [1.54, 1.807) is 11.3 Å². The highest BCUT2D eigenvalue weighted by Crippen LogP contribution is 2.38. The second kappa shape index (κ2) is 8.76. The third-order valence-corrected chi connectivity index (χ3v) is 5.40. The molecule has 1 amide bonds. The number of carbonyl (C=O) groups excluding carboxylic acids is 1. The van der Waals surface area contributed by atoms with E-state index in [2.05, 4.69) is 18.4 Å². The molecule has 0 radical (unpaired) electrons. The van der Waals surface area contributed by atoms with Gasteiger partial charge < -0.3 is 10.6 Å². The standard InChI is InChI=1S/C16H26N2OS.ClH/c1-2-18(12-14-7-6-10-20-14)15(19)11-16(13-17)8-4-3-5-9-16;/h6-7,10H,2-5,8-9,11-13,17H2,1H3;1H. The first kappa shape index (κ1) is 18.5. The second-order valence-corrected chi connectivity index (χ2v) is 6.96. The molecule has 0 saturated heterocycles. The van der Waals surface area contributed by atoms with E-state index in [9.17, 15) is 4.79 Å². The molecule has 3 nitrogen and oxygen atoms in total. The third-order valence-electron chi connectivity index (χ3n) is 4.53. The van der Waals surface area contributed by atoms with Gasteiger partial charge in [0, 0.05) is 17.8 Å². The van der Waals surface area contributed by atoms with E-state index in [4.69, 9.17) is 5.73 Å². The first-order chi connectivity index (χ1) is 9.69. The van der Waals surface area contributed by atoms with E-state index in [1.165, 1.54) is 24.1 Å². The summed E-state index contributed by atoms with van der Waals surface area (Å²) in [5.74, 6) is 0.272. The van der Waals surface area contributed by atoms with E-state index < -0.39 is 0 Å². The highest BCUT2D eigenvalue weighted by Gasteiger charge is 2.34. The molecule has 1 aliphatic rings. The quantitative estimate of drug-likeness (QED) is 0.862. The van der Waals surface area contributed by atoms with Gasteiger partial charge in [-0.1, -0.05) is 25.3 Å². The van der Waals surface area contributed by atoms with Crippen LogP contribution < -0.4 is 5.73 Å². The third kappa shape index (κ3) is 4.97. The number of hydrogen-bond acceptors (Lipinski definition) is 3. The zero-order valence-corrected chi connectivity index (χ0v) is 14.5. The van der Waals surface area contributed by atoms with Gasteiger partial charge in [0.05, 0.1) is 6.54 Å². The molecule has 2 N–H and O–H groups in total. The van der Waals surface area contributed by atoms with Crippen molar-refractivity contribution in [3.63, 3.8) is 0 Å². The van der Waals surface area contributed by atoms with Gasteiger partial charge in [-0.05, 0) is 43.2 Å². The number of nitrogens with two attached hydrogens (primary N) is 1. The number of thiophene rings is 1. The highest BCUT2D eigenvalue weighted by molar-refractivity contribution is 7.09. The van der Waals surface area contributed by atoms with Crippen LogP contribution in [-0.4, -0.2) is 23.9 Å². The van der Waals surface area contributed by atoms with Gasteiger partial charge in [-0.2, -0.15) is 0 Å².